The summed E-state index contributed by atoms with van der Waals surface area (Å²) >= 11 is 6.49. The van der Waals surface area contributed by atoms with Gasteiger partial charge in [0.05, 0.1) is 20.1 Å². The summed E-state index contributed by atoms with van der Waals surface area (Å²) in [6, 6.07) is 21.3. The molecule has 45 heavy (non-hydrogen) atoms. The number of methoxy groups -OCH3 is 1. The van der Waals surface area contributed by atoms with Gasteiger partial charge < -0.3 is 29.1 Å². The van der Waals surface area contributed by atoms with Crippen LogP contribution in [0.1, 0.15) is 62.8 Å². The van der Waals surface area contributed by atoms with E-state index in [1.54, 1.807) is 30.2 Å². The molecular formula is C36H45ClN2O6. The predicted octanol–water partition coefficient (Wildman–Crippen LogP) is 7.02. The number of hydrogen-bond donors (Lipinski definition) is 1. The third kappa shape index (κ3) is 9.45. The van der Waals surface area contributed by atoms with Crippen molar-refractivity contribution in [3.8, 4) is 11.5 Å². The molecule has 0 aliphatic carbocycles. The largest absolute Gasteiger partial charge is 0.492 e. The van der Waals surface area contributed by atoms with Crippen LogP contribution in [0.3, 0.4) is 0 Å². The number of carbonyl (C=O) groups is 2. The number of hydrogen-bond acceptors (Lipinski definition) is 6. The van der Waals surface area contributed by atoms with Crippen molar-refractivity contribution in [1.82, 2.24) is 4.90 Å². The predicted molar refractivity (Wildman–Crippen MR) is 178 cm³/mol. The molecule has 0 saturated carbocycles. The molecule has 3 aromatic carbocycles. The second kappa shape index (κ2) is 15.6. The van der Waals surface area contributed by atoms with Gasteiger partial charge in [-0.1, -0.05) is 74.8 Å². The number of ether oxygens (including phenoxy) is 3. The van der Waals surface area contributed by atoms with Gasteiger partial charge in [0.25, 0.3) is 5.91 Å². The van der Waals surface area contributed by atoms with Crippen LogP contribution >= 0.6 is 11.6 Å². The van der Waals surface area contributed by atoms with Gasteiger partial charge in [-0.3, -0.25) is 9.59 Å². The highest BCUT2D eigenvalue weighted by Crippen LogP contribution is 2.45. The van der Waals surface area contributed by atoms with Crippen LogP contribution in [0.5, 0.6) is 11.5 Å². The third-order valence-corrected chi connectivity index (χ3v) is 7.92. The molecule has 1 N–H and O–H groups in total. The van der Waals surface area contributed by atoms with Gasteiger partial charge in [0, 0.05) is 34.9 Å². The molecule has 0 bridgehead atoms. The maximum atomic E-state index is 13.8. The molecule has 242 valence electrons. The number of carboxylic acid groups (broad SMARTS) is 1. The highest BCUT2D eigenvalue weighted by atomic mass is 35.5. The summed E-state index contributed by atoms with van der Waals surface area (Å²) in [5.41, 5.74) is 2.99. The van der Waals surface area contributed by atoms with Gasteiger partial charge in [0.15, 0.2) is 11.5 Å². The van der Waals surface area contributed by atoms with Crippen molar-refractivity contribution in [3.63, 3.8) is 0 Å². The topological polar surface area (TPSA) is 88.5 Å². The van der Waals surface area contributed by atoms with Crippen molar-refractivity contribution < 1.29 is 28.9 Å². The van der Waals surface area contributed by atoms with Crippen molar-refractivity contribution in [2.45, 2.75) is 58.7 Å². The van der Waals surface area contributed by atoms with Crippen LogP contribution in [0.15, 0.2) is 66.7 Å². The molecule has 3 aromatic rings. The molecule has 2 unspecified atom stereocenters. The van der Waals surface area contributed by atoms with Crippen LogP contribution < -0.4 is 14.4 Å². The number of fused-ring (bicyclic) bond motifs is 1. The molecule has 2 atom stereocenters. The first-order valence-corrected chi connectivity index (χ1v) is 15.8. The minimum absolute atomic E-state index is 0.262. The molecule has 0 aromatic heterocycles. The second-order valence-electron chi connectivity index (χ2n) is 12.8. The smallest absolute Gasteiger partial charge is 0.306 e. The highest BCUT2D eigenvalue weighted by molar-refractivity contribution is 6.30. The maximum absolute atomic E-state index is 13.8. The Bertz CT molecular complexity index is 1440. The quantitative estimate of drug-likeness (QED) is 0.190. The molecule has 0 spiro atoms. The Morgan fingerprint density at radius 3 is 2.44 bits per heavy atom. The lowest BCUT2D eigenvalue weighted by molar-refractivity contribution is -0.147. The van der Waals surface area contributed by atoms with Gasteiger partial charge in [0.1, 0.15) is 12.2 Å². The molecule has 1 aliphatic heterocycles. The molecule has 0 fully saturated rings. The molecule has 1 amide bonds. The first-order valence-electron chi connectivity index (χ1n) is 15.5. The number of halogens is 1. The third-order valence-electron chi connectivity index (χ3n) is 7.68. The number of carbonyl (C=O) groups excluding carboxylic acids is 1. The fourth-order valence-corrected chi connectivity index (χ4v) is 5.82. The zero-order chi connectivity index (χ0) is 32.6. The van der Waals surface area contributed by atoms with E-state index in [0.29, 0.717) is 46.5 Å². The van der Waals surface area contributed by atoms with Gasteiger partial charge >= 0.3 is 5.97 Å². The van der Waals surface area contributed by atoms with Gasteiger partial charge in [-0.15, -0.1) is 0 Å². The molecule has 1 aliphatic rings. The number of benzene rings is 3. The Morgan fingerprint density at radius 2 is 1.76 bits per heavy atom. The Balaban J connectivity index is 1.54. The van der Waals surface area contributed by atoms with E-state index in [1.165, 1.54) is 5.56 Å². The number of rotatable bonds is 14. The van der Waals surface area contributed by atoms with Crippen molar-refractivity contribution in [2.24, 2.45) is 5.41 Å². The summed E-state index contributed by atoms with van der Waals surface area (Å²) in [6.07, 6.45) is 0.442. The van der Waals surface area contributed by atoms with Crippen LogP contribution in [-0.2, 0) is 20.7 Å². The number of aryl methyl sites for hydroxylation is 1. The van der Waals surface area contributed by atoms with Gasteiger partial charge in [-0.2, -0.15) is 0 Å². The minimum Gasteiger partial charge on any atom is -0.492 e. The normalized spacial score (nSPS) is 16.8. The average Bonchev–Trinajstić information content (AvgIpc) is 3.09. The Morgan fingerprint density at radius 1 is 1.02 bits per heavy atom. The second-order valence-corrected chi connectivity index (χ2v) is 13.2. The van der Waals surface area contributed by atoms with E-state index < -0.39 is 30.5 Å². The first-order chi connectivity index (χ1) is 21.5. The molecule has 8 nitrogen and oxygen atoms in total. The van der Waals surface area contributed by atoms with Crippen LogP contribution in [0.4, 0.5) is 5.69 Å². The summed E-state index contributed by atoms with van der Waals surface area (Å²) in [6.45, 7) is 8.81. The summed E-state index contributed by atoms with van der Waals surface area (Å²) in [4.78, 5) is 29.6. The number of carboxylic acids is 1. The van der Waals surface area contributed by atoms with E-state index in [1.807, 2.05) is 45.0 Å². The fourth-order valence-electron chi connectivity index (χ4n) is 5.64. The van der Waals surface area contributed by atoms with Gasteiger partial charge in [-0.05, 0) is 68.1 Å². The molecule has 0 saturated heterocycles. The number of amides is 1. The monoisotopic (exact) mass is 636 g/mol. The molecule has 0 radical (unpaired) electrons. The van der Waals surface area contributed by atoms with Crippen LogP contribution in [0.25, 0.3) is 0 Å². The van der Waals surface area contributed by atoms with E-state index in [0.717, 1.165) is 32.4 Å². The van der Waals surface area contributed by atoms with E-state index in [4.69, 9.17) is 25.8 Å². The maximum Gasteiger partial charge on any atom is 0.306 e. The van der Waals surface area contributed by atoms with Gasteiger partial charge in [-0.25, -0.2) is 0 Å². The summed E-state index contributed by atoms with van der Waals surface area (Å²) < 4.78 is 18.5. The SMILES string of the molecule is COc1c(OCCCN(C)CCCc2ccccc2)cccc1C1OC(CC(=O)O)C(=O)N(CC(C)(C)C)c2ccc(Cl)cc21. The summed E-state index contributed by atoms with van der Waals surface area (Å²) in [5, 5.41) is 10.2. The van der Waals surface area contributed by atoms with Crippen molar-refractivity contribution in [2.75, 3.05) is 45.3 Å². The molecule has 4 rings (SSSR count). The molecule has 9 heteroatoms. The van der Waals surface area contributed by atoms with Crippen molar-refractivity contribution in [3.05, 3.63) is 88.4 Å². The van der Waals surface area contributed by atoms with Crippen LogP contribution in [-0.4, -0.2) is 68.4 Å². The summed E-state index contributed by atoms with van der Waals surface area (Å²) in [7, 11) is 3.68. The van der Waals surface area contributed by atoms with E-state index >= 15 is 0 Å². The highest BCUT2D eigenvalue weighted by Gasteiger charge is 2.40. The Kier molecular flexibility index (Phi) is 11.9. The number of anilines is 1. The fraction of sp³-hybridized carbons (Fsp3) is 0.444. The first kappa shape index (κ1) is 34.3. The van der Waals surface area contributed by atoms with E-state index in [9.17, 15) is 14.7 Å². The Labute approximate surface area is 271 Å². The van der Waals surface area contributed by atoms with Crippen molar-refractivity contribution in [1.29, 1.82) is 0 Å². The lowest BCUT2D eigenvalue weighted by atomic mass is 9.94. The Hall–Kier alpha value is -3.59. The minimum atomic E-state index is -1.22. The van der Waals surface area contributed by atoms with Crippen LogP contribution in [0, 0.1) is 5.41 Å². The van der Waals surface area contributed by atoms with E-state index in [-0.39, 0.29) is 5.41 Å². The summed E-state index contributed by atoms with van der Waals surface area (Å²) in [5.74, 6) is -0.514. The zero-order valence-corrected chi connectivity index (χ0v) is 27.7. The van der Waals surface area contributed by atoms with Crippen molar-refractivity contribution >= 4 is 29.2 Å². The molecular weight excluding hydrogens is 592 g/mol. The number of aliphatic carboxylic acids is 1. The lowest BCUT2D eigenvalue weighted by Gasteiger charge is -2.31. The number of nitrogens with zero attached hydrogens (tertiary/aromatic N) is 2. The van der Waals surface area contributed by atoms with Gasteiger partial charge in [0.2, 0.25) is 0 Å². The van der Waals surface area contributed by atoms with E-state index in [2.05, 4.69) is 36.2 Å². The number of para-hydroxylation sites is 1. The lowest BCUT2D eigenvalue weighted by Crippen LogP contribution is -2.44. The van der Waals surface area contributed by atoms with Crippen LogP contribution in [0.2, 0.25) is 5.02 Å². The standard InChI is InChI=1S/C36H45ClN2O6/c1-36(2,3)24-39-29-18-17-26(37)22-28(29)33(45-31(35(39)42)23-32(40)41)27-15-9-16-30(34(27)43-5)44-21-11-20-38(4)19-10-14-25-12-7-6-8-13-25/h6-9,12-13,15-18,22,31,33H,10-11,14,19-21,23-24H2,1-5H3,(H,40,41). The zero-order valence-electron chi connectivity index (χ0n) is 26.9. The average molecular weight is 637 g/mol. The molecule has 1 heterocycles.